The highest BCUT2D eigenvalue weighted by Crippen LogP contribution is 2.25. The van der Waals surface area contributed by atoms with E-state index in [1.807, 2.05) is 36.4 Å². The Balaban J connectivity index is 2.22. The topological polar surface area (TPSA) is 94.2 Å². The van der Waals surface area contributed by atoms with E-state index in [-0.39, 0.29) is 12.5 Å². The number of nitrogens with zero attached hydrogens (tertiary/aromatic N) is 1. The first-order valence-electron chi connectivity index (χ1n) is 8.62. The SMILES string of the molecule is COC(=O)/C=C(\C)N[C@H]1C(=O)N(CC(=O)OC)[C@H]1/C=C/c1ccccc1OC. The fourth-order valence-electron chi connectivity index (χ4n) is 2.85. The number of nitrogens with one attached hydrogen (secondary N) is 1. The maximum absolute atomic E-state index is 12.5. The predicted octanol–water partition coefficient (Wildman–Crippen LogP) is 1.13. The standard InChI is InChI=1S/C20H24N2O6/c1-13(11-17(23)27-3)21-19-15(22(20(19)25)12-18(24)28-4)10-9-14-7-5-6-8-16(14)26-2/h5-11,15,19,21H,12H2,1-4H3/b10-9+,13-11+/t15-,19+/m0/s1. The summed E-state index contributed by atoms with van der Waals surface area (Å²) >= 11 is 0. The number of likely N-dealkylation sites (tertiary alicyclic amines) is 1. The van der Waals surface area contributed by atoms with Gasteiger partial charge in [0.05, 0.1) is 27.4 Å². The van der Waals surface area contributed by atoms with Crippen molar-refractivity contribution in [2.24, 2.45) is 0 Å². The molecule has 2 atom stereocenters. The number of esters is 2. The largest absolute Gasteiger partial charge is 0.496 e. The molecule has 1 saturated heterocycles. The summed E-state index contributed by atoms with van der Waals surface area (Å²) in [5.41, 5.74) is 1.32. The van der Waals surface area contributed by atoms with Crippen LogP contribution in [0, 0.1) is 0 Å². The van der Waals surface area contributed by atoms with Gasteiger partial charge in [-0.1, -0.05) is 30.4 Å². The van der Waals surface area contributed by atoms with Crippen LogP contribution >= 0.6 is 0 Å². The number of ether oxygens (including phenoxy) is 3. The lowest BCUT2D eigenvalue weighted by atomic mass is 9.93. The minimum atomic E-state index is -0.614. The second kappa shape index (κ2) is 9.59. The molecule has 8 nitrogen and oxygen atoms in total. The van der Waals surface area contributed by atoms with E-state index in [9.17, 15) is 14.4 Å². The van der Waals surface area contributed by atoms with Crippen LogP contribution in [0.15, 0.2) is 42.1 Å². The first kappa shape index (κ1) is 21.0. The normalized spacial score (nSPS) is 19.2. The van der Waals surface area contributed by atoms with Gasteiger partial charge in [0.2, 0.25) is 5.91 Å². The fourth-order valence-corrected chi connectivity index (χ4v) is 2.85. The third kappa shape index (κ3) is 4.91. The molecule has 2 rings (SSSR count). The van der Waals surface area contributed by atoms with Crippen LogP contribution in [0.3, 0.4) is 0 Å². The Labute approximate surface area is 163 Å². The molecule has 0 unspecified atom stereocenters. The number of para-hydroxylation sites is 1. The summed E-state index contributed by atoms with van der Waals surface area (Å²) in [6.45, 7) is 1.50. The van der Waals surface area contributed by atoms with Crippen LogP contribution in [0.4, 0.5) is 0 Å². The van der Waals surface area contributed by atoms with Crippen LogP contribution in [0.2, 0.25) is 0 Å². The van der Waals surface area contributed by atoms with Gasteiger partial charge in [-0.2, -0.15) is 0 Å². The molecule has 0 spiro atoms. The molecule has 1 aromatic rings. The average molecular weight is 388 g/mol. The van der Waals surface area contributed by atoms with E-state index < -0.39 is 24.0 Å². The summed E-state index contributed by atoms with van der Waals surface area (Å²) < 4.78 is 14.6. The third-order valence-corrected chi connectivity index (χ3v) is 4.31. The zero-order valence-corrected chi connectivity index (χ0v) is 16.3. The molecular formula is C20H24N2O6. The zero-order valence-electron chi connectivity index (χ0n) is 16.3. The van der Waals surface area contributed by atoms with Gasteiger partial charge in [0.25, 0.3) is 0 Å². The van der Waals surface area contributed by atoms with Crippen LogP contribution in [0.25, 0.3) is 6.08 Å². The summed E-state index contributed by atoms with van der Waals surface area (Å²) in [6, 6.07) is 6.42. The lowest BCUT2D eigenvalue weighted by molar-refractivity contribution is -0.157. The average Bonchev–Trinajstić information content (AvgIpc) is 2.71. The number of carbonyl (C=O) groups is 3. The van der Waals surface area contributed by atoms with Gasteiger partial charge in [-0.25, -0.2) is 4.79 Å². The van der Waals surface area contributed by atoms with Gasteiger partial charge in [0, 0.05) is 17.3 Å². The number of hydrogen-bond donors (Lipinski definition) is 1. The summed E-state index contributed by atoms with van der Waals surface area (Å²) in [4.78, 5) is 36.9. The lowest BCUT2D eigenvalue weighted by Crippen LogP contribution is -2.69. The van der Waals surface area contributed by atoms with Crippen molar-refractivity contribution in [3.05, 3.63) is 47.7 Å². The van der Waals surface area contributed by atoms with E-state index in [1.54, 1.807) is 14.0 Å². The molecule has 0 radical (unpaired) electrons. The van der Waals surface area contributed by atoms with Crippen molar-refractivity contribution in [2.75, 3.05) is 27.9 Å². The Morgan fingerprint density at radius 3 is 2.54 bits per heavy atom. The molecule has 8 heteroatoms. The highest BCUT2D eigenvalue weighted by molar-refractivity contribution is 5.94. The number of methoxy groups -OCH3 is 3. The van der Waals surface area contributed by atoms with Crippen LogP contribution in [0.1, 0.15) is 12.5 Å². The Morgan fingerprint density at radius 1 is 1.18 bits per heavy atom. The Morgan fingerprint density at radius 2 is 1.89 bits per heavy atom. The molecule has 1 N–H and O–H groups in total. The molecule has 1 aliphatic heterocycles. The van der Waals surface area contributed by atoms with E-state index in [1.165, 1.54) is 25.2 Å². The molecule has 0 bridgehead atoms. The maximum atomic E-state index is 12.5. The minimum Gasteiger partial charge on any atom is -0.496 e. The van der Waals surface area contributed by atoms with Crippen molar-refractivity contribution in [1.82, 2.24) is 10.2 Å². The van der Waals surface area contributed by atoms with Crippen LogP contribution in [-0.2, 0) is 23.9 Å². The molecule has 0 aromatic heterocycles. The Bertz CT molecular complexity index is 802. The van der Waals surface area contributed by atoms with E-state index in [2.05, 4.69) is 14.8 Å². The van der Waals surface area contributed by atoms with Gasteiger partial charge in [-0.05, 0) is 13.0 Å². The van der Waals surface area contributed by atoms with Crippen LogP contribution < -0.4 is 10.1 Å². The first-order chi connectivity index (χ1) is 13.4. The molecule has 0 saturated carbocycles. The molecule has 28 heavy (non-hydrogen) atoms. The summed E-state index contributed by atoms with van der Waals surface area (Å²) in [6.07, 6.45) is 4.90. The second-order valence-corrected chi connectivity index (χ2v) is 6.11. The molecule has 1 heterocycles. The highest BCUT2D eigenvalue weighted by Gasteiger charge is 2.46. The van der Waals surface area contributed by atoms with Crippen molar-refractivity contribution in [3.8, 4) is 5.75 Å². The van der Waals surface area contributed by atoms with E-state index in [0.717, 1.165) is 5.56 Å². The molecule has 1 amide bonds. The molecule has 0 aliphatic carbocycles. The summed E-state index contributed by atoms with van der Waals surface area (Å²) in [5, 5.41) is 3.00. The molecular weight excluding hydrogens is 364 g/mol. The van der Waals surface area contributed by atoms with Crippen LogP contribution in [0.5, 0.6) is 5.75 Å². The molecule has 1 fully saturated rings. The molecule has 1 aliphatic rings. The third-order valence-electron chi connectivity index (χ3n) is 4.31. The van der Waals surface area contributed by atoms with Gasteiger partial charge < -0.3 is 24.4 Å². The first-order valence-corrected chi connectivity index (χ1v) is 8.62. The fraction of sp³-hybridized carbons (Fsp3) is 0.350. The molecule has 1 aromatic carbocycles. The zero-order chi connectivity index (χ0) is 20.7. The van der Waals surface area contributed by atoms with Crippen molar-refractivity contribution in [2.45, 2.75) is 19.0 Å². The monoisotopic (exact) mass is 388 g/mol. The smallest absolute Gasteiger partial charge is 0.332 e. The van der Waals surface area contributed by atoms with Gasteiger partial charge >= 0.3 is 11.9 Å². The van der Waals surface area contributed by atoms with Crippen molar-refractivity contribution in [3.63, 3.8) is 0 Å². The molecule has 150 valence electrons. The van der Waals surface area contributed by atoms with E-state index in [0.29, 0.717) is 11.4 Å². The second-order valence-electron chi connectivity index (χ2n) is 6.11. The quantitative estimate of drug-likeness (QED) is 0.405. The van der Waals surface area contributed by atoms with Gasteiger partial charge in [-0.15, -0.1) is 0 Å². The maximum Gasteiger partial charge on any atom is 0.332 e. The highest BCUT2D eigenvalue weighted by atomic mass is 16.5. The van der Waals surface area contributed by atoms with Gasteiger partial charge in [-0.3, -0.25) is 9.59 Å². The Kier molecular flexibility index (Phi) is 7.20. The number of β-lactam (4-membered cyclic amide) rings is 1. The summed E-state index contributed by atoms with van der Waals surface area (Å²) in [7, 11) is 4.12. The minimum absolute atomic E-state index is 0.159. The number of benzene rings is 1. The van der Waals surface area contributed by atoms with Gasteiger partial charge in [0.15, 0.2) is 0 Å². The summed E-state index contributed by atoms with van der Waals surface area (Å²) in [5.74, 6) is -0.610. The Hall–Kier alpha value is -3.29. The number of carbonyl (C=O) groups excluding carboxylic acids is 3. The van der Waals surface area contributed by atoms with Crippen molar-refractivity contribution in [1.29, 1.82) is 0 Å². The number of rotatable bonds is 8. The van der Waals surface area contributed by atoms with Gasteiger partial charge in [0.1, 0.15) is 18.3 Å². The van der Waals surface area contributed by atoms with Crippen molar-refractivity contribution >= 4 is 23.9 Å². The number of hydrogen-bond acceptors (Lipinski definition) is 7. The predicted molar refractivity (Wildman–Crippen MR) is 102 cm³/mol. The van der Waals surface area contributed by atoms with E-state index in [4.69, 9.17) is 4.74 Å². The van der Waals surface area contributed by atoms with Crippen LogP contribution in [-0.4, -0.2) is 62.7 Å². The number of amides is 1. The van der Waals surface area contributed by atoms with Crippen molar-refractivity contribution < 1.29 is 28.6 Å². The number of allylic oxidation sites excluding steroid dienone is 1. The van der Waals surface area contributed by atoms with E-state index >= 15 is 0 Å². The lowest BCUT2D eigenvalue weighted by Gasteiger charge is -2.45.